The first-order valence-electron chi connectivity index (χ1n) is 15.4. The van der Waals surface area contributed by atoms with E-state index in [1.165, 1.54) is 6.20 Å². The highest BCUT2D eigenvalue weighted by molar-refractivity contribution is 6.03. The molecule has 0 bridgehead atoms. The third-order valence-electron chi connectivity index (χ3n) is 8.50. The Labute approximate surface area is 268 Å². The number of anilines is 1. The molecule has 236 valence electrons. The summed E-state index contributed by atoms with van der Waals surface area (Å²) in [6.45, 7) is 2.54. The number of para-hydroxylation sites is 2. The number of carbonyl (C=O) groups excluding carboxylic acids is 1. The highest BCUT2D eigenvalue weighted by Crippen LogP contribution is 2.39. The summed E-state index contributed by atoms with van der Waals surface area (Å²) in [5.74, 6) is -0.367. The first kappa shape index (κ1) is 31.5. The van der Waals surface area contributed by atoms with E-state index in [-0.39, 0.29) is 36.5 Å². The molecule has 5 aromatic rings. The zero-order valence-corrected chi connectivity index (χ0v) is 25.9. The number of fused-ring (bicyclic) bond motifs is 1. The SMILES string of the molecule is C[C@H]([C@@H](O)c1ccccc1)N(C)C[C@@H]1C[C@H](c2ccc(CO)cc2)O[C@H](c2cccc(NC(=O)c3cnc4ccccc4n3)c2)O1. The van der Waals surface area contributed by atoms with E-state index in [0.29, 0.717) is 24.2 Å². The van der Waals surface area contributed by atoms with E-state index in [0.717, 1.165) is 27.8 Å². The van der Waals surface area contributed by atoms with Crippen LogP contribution in [0.3, 0.4) is 0 Å². The van der Waals surface area contributed by atoms with E-state index < -0.39 is 12.4 Å². The normalized spacial score (nSPS) is 19.5. The number of aliphatic hydroxyl groups is 2. The summed E-state index contributed by atoms with van der Waals surface area (Å²) in [6.07, 6.45) is 0.217. The molecule has 0 aliphatic carbocycles. The Morgan fingerprint density at radius 1 is 0.935 bits per heavy atom. The van der Waals surface area contributed by atoms with Crippen LogP contribution in [-0.2, 0) is 16.1 Å². The summed E-state index contributed by atoms with van der Waals surface area (Å²) < 4.78 is 13.1. The molecular formula is C37H38N4O5. The standard InChI is InChI=1S/C37H38N4O5/c1-24(35(43)27-9-4-3-5-10-27)41(2)22-30-20-34(26-17-15-25(23-42)16-18-26)46-37(45-30)28-11-8-12-29(19-28)39-36(44)33-21-38-31-13-6-7-14-32(31)40-33/h3-19,21,24,30,34-35,37,42-43H,20,22-23H2,1-2H3,(H,39,44)/t24-,30+,34-,35-,37-/m1/s1. The summed E-state index contributed by atoms with van der Waals surface area (Å²) in [6, 6.07) is 32.1. The Morgan fingerprint density at radius 2 is 1.67 bits per heavy atom. The molecule has 6 rings (SSSR count). The van der Waals surface area contributed by atoms with Crippen LogP contribution in [0.2, 0.25) is 0 Å². The molecule has 0 unspecified atom stereocenters. The number of carbonyl (C=O) groups is 1. The third-order valence-corrected chi connectivity index (χ3v) is 8.50. The van der Waals surface area contributed by atoms with Crippen LogP contribution in [0.4, 0.5) is 5.69 Å². The Kier molecular flexibility index (Phi) is 9.77. The van der Waals surface area contributed by atoms with Crippen molar-refractivity contribution in [3.05, 3.63) is 137 Å². The third kappa shape index (κ3) is 7.31. The predicted molar refractivity (Wildman–Crippen MR) is 176 cm³/mol. The molecule has 1 fully saturated rings. The quantitative estimate of drug-likeness (QED) is 0.175. The summed E-state index contributed by atoms with van der Waals surface area (Å²) in [5.41, 5.74) is 5.58. The number of likely N-dealkylation sites (N-methyl/N-ethyl adjacent to an activating group) is 1. The number of hydrogen-bond acceptors (Lipinski definition) is 8. The van der Waals surface area contributed by atoms with E-state index >= 15 is 0 Å². The number of ether oxygens (including phenoxy) is 2. The van der Waals surface area contributed by atoms with Gasteiger partial charge in [-0.2, -0.15) is 0 Å². The number of nitrogens with zero attached hydrogens (tertiary/aromatic N) is 3. The van der Waals surface area contributed by atoms with E-state index in [1.807, 2.05) is 117 Å². The fourth-order valence-electron chi connectivity index (χ4n) is 5.72. The largest absolute Gasteiger partial charge is 0.392 e. The fraction of sp³-hybridized carbons (Fsp3) is 0.270. The topological polar surface area (TPSA) is 117 Å². The summed E-state index contributed by atoms with van der Waals surface area (Å²) in [7, 11) is 1.99. The number of aliphatic hydroxyl groups excluding tert-OH is 2. The molecular weight excluding hydrogens is 580 g/mol. The lowest BCUT2D eigenvalue weighted by molar-refractivity contribution is -0.253. The van der Waals surface area contributed by atoms with E-state index in [1.54, 1.807) is 0 Å². The zero-order chi connectivity index (χ0) is 32.0. The maximum atomic E-state index is 13.1. The summed E-state index contributed by atoms with van der Waals surface area (Å²) in [4.78, 5) is 24.0. The Bertz CT molecular complexity index is 1770. The van der Waals surface area contributed by atoms with Crippen LogP contribution < -0.4 is 5.32 Å². The van der Waals surface area contributed by atoms with Gasteiger partial charge in [0.25, 0.3) is 5.91 Å². The zero-order valence-electron chi connectivity index (χ0n) is 25.9. The molecule has 2 heterocycles. The first-order chi connectivity index (χ1) is 22.4. The van der Waals surface area contributed by atoms with Crippen molar-refractivity contribution in [2.24, 2.45) is 0 Å². The molecule has 1 aliphatic rings. The molecule has 0 saturated carbocycles. The number of benzene rings is 4. The molecule has 1 saturated heterocycles. The van der Waals surface area contributed by atoms with E-state index in [4.69, 9.17) is 9.47 Å². The molecule has 1 aromatic heterocycles. The molecule has 9 heteroatoms. The second-order valence-corrected chi connectivity index (χ2v) is 11.7. The lowest BCUT2D eigenvalue weighted by Gasteiger charge is -2.39. The molecule has 46 heavy (non-hydrogen) atoms. The van der Waals surface area contributed by atoms with Crippen molar-refractivity contribution >= 4 is 22.6 Å². The van der Waals surface area contributed by atoms with Crippen molar-refractivity contribution in [2.75, 3.05) is 18.9 Å². The fourth-order valence-corrected chi connectivity index (χ4v) is 5.72. The number of rotatable bonds is 10. The molecule has 0 spiro atoms. The highest BCUT2D eigenvalue weighted by Gasteiger charge is 2.34. The van der Waals surface area contributed by atoms with Gasteiger partial charge in [-0.05, 0) is 54.9 Å². The second kappa shape index (κ2) is 14.3. The summed E-state index contributed by atoms with van der Waals surface area (Å²) >= 11 is 0. The summed E-state index contributed by atoms with van der Waals surface area (Å²) in [5, 5.41) is 23.5. The van der Waals surface area contributed by atoms with Crippen LogP contribution in [0.15, 0.2) is 109 Å². The monoisotopic (exact) mass is 618 g/mol. The van der Waals surface area contributed by atoms with Crippen LogP contribution in [0.25, 0.3) is 11.0 Å². The van der Waals surface area contributed by atoms with Gasteiger partial charge < -0.3 is 25.0 Å². The van der Waals surface area contributed by atoms with Crippen molar-refractivity contribution in [1.82, 2.24) is 14.9 Å². The van der Waals surface area contributed by atoms with Gasteiger partial charge in [-0.3, -0.25) is 14.7 Å². The second-order valence-electron chi connectivity index (χ2n) is 11.7. The van der Waals surface area contributed by atoms with Crippen LogP contribution >= 0.6 is 0 Å². The first-order valence-corrected chi connectivity index (χ1v) is 15.4. The van der Waals surface area contributed by atoms with Crippen molar-refractivity contribution in [3.63, 3.8) is 0 Å². The smallest absolute Gasteiger partial charge is 0.275 e. The van der Waals surface area contributed by atoms with Crippen LogP contribution in [0.5, 0.6) is 0 Å². The maximum Gasteiger partial charge on any atom is 0.275 e. The number of hydrogen-bond donors (Lipinski definition) is 3. The maximum absolute atomic E-state index is 13.1. The molecule has 3 N–H and O–H groups in total. The van der Waals surface area contributed by atoms with Gasteiger partial charge in [-0.25, -0.2) is 4.98 Å². The van der Waals surface area contributed by atoms with Gasteiger partial charge in [0.1, 0.15) is 5.69 Å². The molecule has 1 aliphatic heterocycles. The van der Waals surface area contributed by atoms with Gasteiger partial charge in [0.2, 0.25) is 0 Å². The lowest BCUT2D eigenvalue weighted by Crippen LogP contribution is -2.43. The minimum Gasteiger partial charge on any atom is -0.392 e. The van der Waals surface area contributed by atoms with Gasteiger partial charge in [-0.15, -0.1) is 0 Å². The minimum atomic E-state index is -0.707. The Balaban J connectivity index is 1.21. The van der Waals surface area contributed by atoms with Crippen molar-refractivity contribution in [3.8, 4) is 0 Å². The van der Waals surface area contributed by atoms with E-state index in [9.17, 15) is 15.0 Å². The van der Waals surface area contributed by atoms with E-state index in [2.05, 4.69) is 20.2 Å². The molecule has 9 nitrogen and oxygen atoms in total. The van der Waals surface area contributed by atoms with Crippen LogP contribution in [-0.4, -0.2) is 56.7 Å². The average Bonchev–Trinajstić information content (AvgIpc) is 3.11. The lowest BCUT2D eigenvalue weighted by atomic mass is 9.98. The van der Waals surface area contributed by atoms with Gasteiger partial charge in [0.05, 0.1) is 42.1 Å². The number of amides is 1. The molecule has 0 radical (unpaired) electrons. The van der Waals surface area contributed by atoms with Gasteiger partial charge in [0, 0.05) is 30.3 Å². The Hall–Kier alpha value is -4.51. The molecule has 5 atom stereocenters. The number of nitrogens with one attached hydrogen (secondary N) is 1. The average molecular weight is 619 g/mol. The highest BCUT2D eigenvalue weighted by atomic mass is 16.7. The minimum absolute atomic E-state index is 0.0319. The van der Waals surface area contributed by atoms with Crippen molar-refractivity contribution in [2.45, 2.75) is 50.6 Å². The van der Waals surface area contributed by atoms with Gasteiger partial charge in [0.15, 0.2) is 6.29 Å². The van der Waals surface area contributed by atoms with Gasteiger partial charge >= 0.3 is 0 Å². The Morgan fingerprint density at radius 3 is 2.43 bits per heavy atom. The van der Waals surface area contributed by atoms with Crippen LogP contribution in [0.1, 0.15) is 64.6 Å². The predicted octanol–water partition coefficient (Wildman–Crippen LogP) is 5.97. The van der Waals surface area contributed by atoms with Crippen molar-refractivity contribution in [1.29, 1.82) is 0 Å². The number of aromatic nitrogens is 2. The van der Waals surface area contributed by atoms with Crippen molar-refractivity contribution < 1.29 is 24.5 Å². The molecule has 1 amide bonds. The molecule has 4 aromatic carbocycles. The van der Waals surface area contributed by atoms with Crippen LogP contribution in [0, 0.1) is 0 Å². The van der Waals surface area contributed by atoms with Gasteiger partial charge in [-0.1, -0.05) is 78.9 Å².